The van der Waals surface area contributed by atoms with Gasteiger partial charge in [-0.2, -0.15) is 0 Å². The van der Waals surface area contributed by atoms with Gasteiger partial charge in [-0.25, -0.2) is 9.97 Å². The molecule has 0 amide bonds. The number of anilines is 2. The standard InChI is InChI=1S/C26H25N5S/c1-31-14-20-8-6-18(10-22(20)15-31)25(16-3-2-4-16)30-24-11-21-9-17(5-7-19(21)12-28-24)23-13-29-26(27)32-23/h5-13H,2-4,14-15H2,1H3,(H2,27,29)(H,28,30). The SMILES string of the molecule is CN1Cc2ccc(C(Nc3cc4cc(-c5cnc(N)s5)ccc4cn3)=C3CCC3)cc2C1. The van der Waals surface area contributed by atoms with Crippen LogP contribution in [0, 0.1) is 0 Å². The largest absolute Gasteiger partial charge is 0.375 e. The van der Waals surface area contributed by atoms with Crippen molar-refractivity contribution in [2.75, 3.05) is 18.1 Å². The van der Waals surface area contributed by atoms with Gasteiger partial charge in [0, 0.05) is 36.6 Å². The Kier molecular flexibility index (Phi) is 4.70. The zero-order valence-electron chi connectivity index (χ0n) is 18.1. The van der Waals surface area contributed by atoms with Gasteiger partial charge in [0.2, 0.25) is 0 Å². The van der Waals surface area contributed by atoms with Gasteiger partial charge in [0.05, 0.1) is 4.88 Å². The number of nitrogen functional groups attached to an aromatic ring is 1. The zero-order valence-corrected chi connectivity index (χ0v) is 18.9. The summed E-state index contributed by atoms with van der Waals surface area (Å²) in [6, 6.07) is 15.5. The number of benzene rings is 2. The van der Waals surface area contributed by atoms with Crippen molar-refractivity contribution in [3.8, 4) is 10.4 Å². The fraction of sp³-hybridized carbons (Fsp3) is 0.231. The van der Waals surface area contributed by atoms with E-state index in [1.807, 2.05) is 12.4 Å². The second kappa shape index (κ2) is 7.73. The van der Waals surface area contributed by atoms with Crippen LogP contribution in [-0.4, -0.2) is 21.9 Å². The molecule has 1 saturated carbocycles. The number of thiazole rings is 1. The Morgan fingerprint density at radius 1 is 0.969 bits per heavy atom. The summed E-state index contributed by atoms with van der Waals surface area (Å²) in [5, 5.41) is 6.55. The number of allylic oxidation sites excluding steroid dienone is 1. The average molecular weight is 440 g/mol. The lowest BCUT2D eigenvalue weighted by Crippen LogP contribution is -2.10. The Hall–Kier alpha value is -3.22. The van der Waals surface area contributed by atoms with E-state index in [1.54, 1.807) is 0 Å². The maximum atomic E-state index is 5.83. The Morgan fingerprint density at radius 2 is 1.84 bits per heavy atom. The number of nitrogens with zero attached hydrogens (tertiary/aromatic N) is 3. The van der Waals surface area contributed by atoms with E-state index in [4.69, 9.17) is 10.7 Å². The van der Waals surface area contributed by atoms with Gasteiger partial charge in [0.1, 0.15) is 5.82 Å². The van der Waals surface area contributed by atoms with Gasteiger partial charge < -0.3 is 11.1 Å². The van der Waals surface area contributed by atoms with Gasteiger partial charge in [-0.3, -0.25) is 4.90 Å². The Balaban J connectivity index is 1.35. The molecule has 6 heteroatoms. The predicted octanol–water partition coefficient (Wildman–Crippen LogP) is 5.89. The number of pyridine rings is 1. The van der Waals surface area contributed by atoms with Gasteiger partial charge in [-0.1, -0.05) is 35.6 Å². The van der Waals surface area contributed by atoms with Crippen molar-refractivity contribution in [2.45, 2.75) is 32.4 Å². The summed E-state index contributed by atoms with van der Waals surface area (Å²) in [5.41, 5.74) is 13.8. The molecular formula is C26H25N5S. The van der Waals surface area contributed by atoms with Crippen molar-refractivity contribution in [2.24, 2.45) is 0 Å². The van der Waals surface area contributed by atoms with Gasteiger partial charge in [0.15, 0.2) is 5.13 Å². The average Bonchev–Trinajstić information content (AvgIpc) is 3.35. The maximum Gasteiger partial charge on any atom is 0.180 e. The van der Waals surface area contributed by atoms with E-state index in [2.05, 4.69) is 64.7 Å². The highest BCUT2D eigenvalue weighted by Gasteiger charge is 2.20. The first-order valence-corrected chi connectivity index (χ1v) is 11.9. The summed E-state index contributed by atoms with van der Waals surface area (Å²) >= 11 is 1.51. The first-order chi connectivity index (χ1) is 15.6. The third-order valence-electron chi connectivity index (χ3n) is 6.47. The molecule has 3 heterocycles. The number of hydrogen-bond donors (Lipinski definition) is 2. The summed E-state index contributed by atoms with van der Waals surface area (Å²) in [6.07, 6.45) is 7.36. The first kappa shape index (κ1) is 19.5. The van der Waals surface area contributed by atoms with Crippen LogP contribution in [0.4, 0.5) is 10.9 Å². The Bertz CT molecular complexity index is 1360. The molecule has 160 valence electrons. The van der Waals surface area contributed by atoms with Crippen LogP contribution in [0.3, 0.4) is 0 Å². The fourth-order valence-corrected chi connectivity index (χ4v) is 5.28. The lowest BCUT2D eigenvalue weighted by Gasteiger charge is -2.24. The fourth-order valence-electron chi connectivity index (χ4n) is 4.60. The smallest absolute Gasteiger partial charge is 0.180 e. The number of aromatic nitrogens is 2. The molecule has 1 aliphatic carbocycles. The summed E-state index contributed by atoms with van der Waals surface area (Å²) in [6.45, 7) is 2.06. The van der Waals surface area contributed by atoms with Crippen LogP contribution in [-0.2, 0) is 13.1 Å². The van der Waals surface area contributed by atoms with Crippen LogP contribution in [0.1, 0.15) is 36.0 Å². The molecule has 2 aliphatic rings. The molecule has 0 atom stereocenters. The second-order valence-electron chi connectivity index (χ2n) is 8.81. The highest BCUT2D eigenvalue weighted by Crippen LogP contribution is 2.36. The van der Waals surface area contributed by atoms with Crippen molar-refractivity contribution in [3.63, 3.8) is 0 Å². The van der Waals surface area contributed by atoms with Gasteiger partial charge in [-0.15, -0.1) is 0 Å². The van der Waals surface area contributed by atoms with Crippen molar-refractivity contribution >= 4 is 38.8 Å². The quantitative estimate of drug-likeness (QED) is 0.415. The predicted molar refractivity (Wildman–Crippen MR) is 133 cm³/mol. The maximum absolute atomic E-state index is 5.83. The number of nitrogens with two attached hydrogens (primary N) is 1. The third-order valence-corrected chi connectivity index (χ3v) is 7.34. The minimum absolute atomic E-state index is 0.592. The molecule has 0 saturated heterocycles. The van der Waals surface area contributed by atoms with E-state index in [-0.39, 0.29) is 0 Å². The molecule has 0 radical (unpaired) electrons. The Morgan fingerprint density at radius 3 is 2.62 bits per heavy atom. The molecule has 1 fully saturated rings. The highest BCUT2D eigenvalue weighted by atomic mass is 32.1. The minimum atomic E-state index is 0.592. The van der Waals surface area contributed by atoms with E-state index >= 15 is 0 Å². The van der Waals surface area contributed by atoms with E-state index < -0.39 is 0 Å². The molecule has 6 rings (SSSR count). The molecule has 0 spiro atoms. The van der Waals surface area contributed by atoms with Gasteiger partial charge >= 0.3 is 0 Å². The molecular weight excluding hydrogens is 414 g/mol. The van der Waals surface area contributed by atoms with Crippen LogP contribution in [0.25, 0.3) is 26.9 Å². The van der Waals surface area contributed by atoms with E-state index in [0.29, 0.717) is 5.13 Å². The molecule has 1 aliphatic heterocycles. The molecule has 2 aromatic heterocycles. The number of fused-ring (bicyclic) bond motifs is 2. The molecule has 0 unspecified atom stereocenters. The number of nitrogens with one attached hydrogen (secondary N) is 1. The summed E-state index contributed by atoms with van der Waals surface area (Å²) in [5.74, 6) is 0.880. The monoisotopic (exact) mass is 439 g/mol. The molecule has 2 aromatic carbocycles. The highest BCUT2D eigenvalue weighted by molar-refractivity contribution is 7.18. The van der Waals surface area contributed by atoms with E-state index in [0.717, 1.165) is 53.0 Å². The van der Waals surface area contributed by atoms with Crippen LogP contribution in [0.5, 0.6) is 0 Å². The van der Waals surface area contributed by atoms with Crippen molar-refractivity contribution in [3.05, 3.63) is 77.1 Å². The van der Waals surface area contributed by atoms with E-state index in [1.165, 1.54) is 45.7 Å². The van der Waals surface area contributed by atoms with Crippen LogP contribution in [0.15, 0.2) is 60.4 Å². The summed E-state index contributed by atoms with van der Waals surface area (Å²) in [4.78, 5) is 12.3. The van der Waals surface area contributed by atoms with E-state index in [9.17, 15) is 0 Å². The van der Waals surface area contributed by atoms with Gasteiger partial charge in [-0.05, 0) is 77.7 Å². The molecule has 3 N–H and O–H groups in total. The minimum Gasteiger partial charge on any atom is -0.375 e. The number of hydrogen-bond acceptors (Lipinski definition) is 6. The number of rotatable bonds is 4. The molecule has 0 bridgehead atoms. The van der Waals surface area contributed by atoms with Crippen LogP contribution in [0.2, 0.25) is 0 Å². The van der Waals surface area contributed by atoms with Crippen LogP contribution < -0.4 is 11.1 Å². The van der Waals surface area contributed by atoms with Crippen LogP contribution >= 0.6 is 11.3 Å². The second-order valence-corrected chi connectivity index (χ2v) is 9.87. The summed E-state index contributed by atoms with van der Waals surface area (Å²) < 4.78 is 0. The topological polar surface area (TPSA) is 67.1 Å². The lowest BCUT2D eigenvalue weighted by atomic mass is 9.87. The normalized spacial score (nSPS) is 15.6. The van der Waals surface area contributed by atoms with Crippen molar-refractivity contribution < 1.29 is 0 Å². The Labute approximate surface area is 191 Å². The lowest BCUT2D eigenvalue weighted by molar-refractivity contribution is 0.353. The first-order valence-electron chi connectivity index (χ1n) is 11.0. The molecule has 32 heavy (non-hydrogen) atoms. The summed E-state index contributed by atoms with van der Waals surface area (Å²) in [7, 11) is 2.18. The zero-order chi connectivity index (χ0) is 21.7. The molecule has 5 nitrogen and oxygen atoms in total. The molecule has 4 aromatic rings. The van der Waals surface area contributed by atoms with Crippen molar-refractivity contribution in [1.29, 1.82) is 0 Å². The van der Waals surface area contributed by atoms with Gasteiger partial charge in [0.25, 0.3) is 0 Å². The third kappa shape index (κ3) is 3.55. The van der Waals surface area contributed by atoms with Crippen molar-refractivity contribution in [1.82, 2.24) is 14.9 Å².